The Morgan fingerprint density at radius 2 is 1.85 bits per heavy atom. The van der Waals surface area contributed by atoms with Gasteiger partial charge in [0.15, 0.2) is 4.45 Å². The summed E-state index contributed by atoms with van der Waals surface area (Å²) in [6.45, 7) is 3.08. The number of nitrogens with zero attached hydrogens (tertiary/aromatic N) is 1. The molecule has 0 aromatic carbocycles. The van der Waals surface area contributed by atoms with Gasteiger partial charge in [-0.2, -0.15) is 0 Å². The SMILES string of the molecule is CCN(C(=S)Cl)C1CCCCCC1. The van der Waals surface area contributed by atoms with E-state index in [1.807, 2.05) is 0 Å². The normalized spacial score (nSPS) is 19.5. The molecule has 1 aliphatic rings. The molecule has 0 atom stereocenters. The molecule has 0 saturated heterocycles. The zero-order valence-corrected chi connectivity index (χ0v) is 9.83. The van der Waals surface area contributed by atoms with Crippen molar-refractivity contribution < 1.29 is 0 Å². The Morgan fingerprint density at radius 3 is 2.23 bits per heavy atom. The molecular weight excluding hydrogens is 202 g/mol. The predicted octanol–water partition coefficient (Wildman–Crippen LogP) is 3.55. The van der Waals surface area contributed by atoms with Gasteiger partial charge in [0.2, 0.25) is 0 Å². The average Bonchev–Trinajstić information content (AvgIpc) is 2.33. The lowest BCUT2D eigenvalue weighted by atomic mass is 10.1. The first-order valence-electron chi connectivity index (χ1n) is 5.21. The number of thiocarbonyl (C=S) groups is 1. The van der Waals surface area contributed by atoms with Crippen molar-refractivity contribution in [1.29, 1.82) is 0 Å². The van der Waals surface area contributed by atoms with Crippen molar-refractivity contribution >= 4 is 28.3 Å². The maximum atomic E-state index is 5.89. The molecule has 0 N–H and O–H groups in total. The van der Waals surface area contributed by atoms with Crippen molar-refractivity contribution in [3.63, 3.8) is 0 Å². The van der Waals surface area contributed by atoms with Crippen LogP contribution < -0.4 is 0 Å². The van der Waals surface area contributed by atoms with Gasteiger partial charge in [0, 0.05) is 12.6 Å². The lowest BCUT2D eigenvalue weighted by Crippen LogP contribution is -2.36. The second-order valence-electron chi connectivity index (χ2n) is 3.68. The highest BCUT2D eigenvalue weighted by molar-refractivity contribution is 7.83. The van der Waals surface area contributed by atoms with Gasteiger partial charge >= 0.3 is 0 Å². The molecule has 0 aromatic heterocycles. The van der Waals surface area contributed by atoms with E-state index in [1.54, 1.807) is 0 Å². The van der Waals surface area contributed by atoms with E-state index in [2.05, 4.69) is 11.8 Å². The average molecular weight is 220 g/mol. The highest BCUT2D eigenvalue weighted by Gasteiger charge is 2.19. The molecule has 0 bridgehead atoms. The maximum absolute atomic E-state index is 5.89. The van der Waals surface area contributed by atoms with Crippen LogP contribution in [0, 0.1) is 0 Å². The predicted molar refractivity (Wildman–Crippen MR) is 62.3 cm³/mol. The lowest BCUT2D eigenvalue weighted by molar-refractivity contribution is 0.303. The van der Waals surface area contributed by atoms with Crippen molar-refractivity contribution in [2.45, 2.75) is 51.5 Å². The van der Waals surface area contributed by atoms with Gasteiger partial charge in [-0.3, -0.25) is 0 Å². The molecule has 13 heavy (non-hydrogen) atoms. The van der Waals surface area contributed by atoms with Gasteiger partial charge in [0.1, 0.15) is 0 Å². The maximum Gasteiger partial charge on any atom is 0.170 e. The minimum absolute atomic E-state index is 0.550. The first-order valence-corrected chi connectivity index (χ1v) is 6.00. The van der Waals surface area contributed by atoms with Gasteiger partial charge in [-0.15, -0.1) is 0 Å². The molecule has 0 amide bonds. The molecule has 0 spiro atoms. The van der Waals surface area contributed by atoms with Crippen LogP contribution in [0.1, 0.15) is 45.4 Å². The molecule has 0 heterocycles. The van der Waals surface area contributed by atoms with Crippen molar-refractivity contribution in [2.75, 3.05) is 6.54 Å². The third-order valence-electron chi connectivity index (χ3n) is 2.83. The monoisotopic (exact) mass is 219 g/mol. The Balaban J connectivity index is 2.50. The fourth-order valence-corrected chi connectivity index (χ4v) is 2.63. The van der Waals surface area contributed by atoms with Crippen LogP contribution in [0.4, 0.5) is 0 Å². The molecule has 0 radical (unpaired) electrons. The first kappa shape index (κ1) is 11.3. The largest absolute Gasteiger partial charge is 0.351 e. The summed E-state index contributed by atoms with van der Waals surface area (Å²) >= 11 is 10.9. The van der Waals surface area contributed by atoms with Crippen LogP contribution in [0.3, 0.4) is 0 Å². The standard InChI is InChI=1S/C10H18ClNS/c1-2-12(10(11)13)9-7-5-3-4-6-8-9/h9H,2-8H2,1H3. The van der Waals surface area contributed by atoms with Crippen LogP contribution in [-0.4, -0.2) is 21.9 Å². The minimum atomic E-state index is 0.550. The molecule has 1 fully saturated rings. The van der Waals surface area contributed by atoms with E-state index in [0.717, 1.165) is 6.54 Å². The van der Waals surface area contributed by atoms with E-state index in [0.29, 0.717) is 10.5 Å². The van der Waals surface area contributed by atoms with Crippen LogP contribution in [0.25, 0.3) is 0 Å². The summed E-state index contributed by atoms with van der Waals surface area (Å²) in [7, 11) is 0. The first-order chi connectivity index (χ1) is 6.25. The molecule has 0 aromatic rings. The van der Waals surface area contributed by atoms with Crippen molar-refractivity contribution in [2.24, 2.45) is 0 Å². The Morgan fingerprint density at radius 1 is 1.31 bits per heavy atom. The third kappa shape index (κ3) is 3.43. The van der Waals surface area contributed by atoms with Gasteiger partial charge in [-0.1, -0.05) is 37.3 Å². The fourth-order valence-electron chi connectivity index (χ4n) is 2.10. The summed E-state index contributed by atoms with van der Waals surface area (Å²) in [4.78, 5) is 2.17. The quantitative estimate of drug-likeness (QED) is 0.303. The Labute approximate surface area is 91.4 Å². The van der Waals surface area contributed by atoms with E-state index < -0.39 is 0 Å². The molecule has 1 nitrogen and oxygen atoms in total. The van der Waals surface area contributed by atoms with Crippen molar-refractivity contribution in [1.82, 2.24) is 4.90 Å². The molecule has 1 saturated carbocycles. The highest BCUT2D eigenvalue weighted by Crippen LogP contribution is 2.22. The van der Waals surface area contributed by atoms with Gasteiger partial charge in [0.05, 0.1) is 0 Å². The summed E-state index contributed by atoms with van der Waals surface area (Å²) in [5.41, 5.74) is 0. The molecular formula is C10H18ClNS. The summed E-state index contributed by atoms with van der Waals surface area (Å²) < 4.78 is 0.550. The van der Waals surface area contributed by atoms with Crippen LogP contribution >= 0.6 is 23.8 Å². The second-order valence-corrected chi connectivity index (χ2v) is 4.65. The van der Waals surface area contributed by atoms with Gasteiger partial charge in [-0.25, -0.2) is 0 Å². The zero-order valence-electron chi connectivity index (χ0n) is 8.26. The third-order valence-corrected chi connectivity index (χ3v) is 3.28. The van der Waals surface area contributed by atoms with Gasteiger partial charge in [0.25, 0.3) is 0 Å². The van der Waals surface area contributed by atoms with Gasteiger partial charge < -0.3 is 4.90 Å². The number of halogens is 1. The van der Waals surface area contributed by atoms with Crippen LogP contribution in [0.5, 0.6) is 0 Å². The number of hydrogen-bond acceptors (Lipinski definition) is 1. The molecule has 0 unspecified atom stereocenters. The van der Waals surface area contributed by atoms with Crippen LogP contribution in [-0.2, 0) is 0 Å². The smallest absolute Gasteiger partial charge is 0.170 e. The summed E-state index contributed by atoms with van der Waals surface area (Å²) in [6, 6.07) is 0.609. The van der Waals surface area contributed by atoms with Crippen molar-refractivity contribution in [3.8, 4) is 0 Å². The second kappa shape index (κ2) is 5.82. The summed E-state index contributed by atoms with van der Waals surface area (Å²) in [5.74, 6) is 0. The molecule has 0 aliphatic heterocycles. The van der Waals surface area contributed by atoms with E-state index in [1.165, 1.54) is 38.5 Å². The molecule has 3 heteroatoms. The van der Waals surface area contributed by atoms with E-state index in [9.17, 15) is 0 Å². The number of hydrogen-bond donors (Lipinski definition) is 0. The molecule has 76 valence electrons. The lowest BCUT2D eigenvalue weighted by Gasteiger charge is -2.29. The Bertz CT molecular complexity index is 164. The van der Waals surface area contributed by atoms with Crippen LogP contribution in [0.15, 0.2) is 0 Å². The summed E-state index contributed by atoms with van der Waals surface area (Å²) in [6.07, 6.45) is 7.95. The van der Waals surface area contributed by atoms with Crippen molar-refractivity contribution in [3.05, 3.63) is 0 Å². The Hall–Kier alpha value is 0.180. The zero-order chi connectivity index (χ0) is 9.68. The minimum Gasteiger partial charge on any atom is -0.351 e. The van der Waals surface area contributed by atoms with E-state index >= 15 is 0 Å². The molecule has 1 aliphatic carbocycles. The van der Waals surface area contributed by atoms with Gasteiger partial charge in [-0.05, 0) is 32.0 Å². The van der Waals surface area contributed by atoms with E-state index in [4.69, 9.17) is 23.8 Å². The van der Waals surface area contributed by atoms with Crippen LogP contribution in [0.2, 0.25) is 0 Å². The number of rotatable bonds is 2. The Kier molecular flexibility index (Phi) is 5.04. The summed E-state index contributed by atoms with van der Waals surface area (Å²) in [5, 5.41) is 0. The topological polar surface area (TPSA) is 3.24 Å². The molecule has 1 rings (SSSR count). The highest BCUT2D eigenvalue weighted by atomic mass is 35.5. The fraction of sp³-hybridized carbons (Fsp3) is 0.900. The van der Waals surface area contributed by atoms with E-state index in [-0.39, 0.29) is 0 Å².